The van der Waals surface area contributed by atoms with Gasteiger partial charge in [-0.05, 0) is 76.6 Å². The van der Waals surface area contributed by atoms with Crippen molar-refractivity contribution in [1.82, 2.24) is 15.0 Å². The zero-order chi connectivity index (χ0) is 30.2. The summed E-state index contributed by atoms with van der Waals surface area (Å²) in [6.45, 7) is 5.02. The van der Waals surface area contributed by atoms with E-state index in [0.717, 1.165) is 55.0 Å². The molecule has 43 heavy (non-hydrogen) atoms. The summed E-state index contributed by atoms with van der Waals surface area (Å²) in [4.78, 5) is 0. The van der Waals surface area contributed by atoms with Gasteiger partial charge in [0, 0.05) is 37.1 Å². The zero-order valence-corrected chi connectivity index (χ0v) is 26.1. The molecule has 0 bridgehead atoms. The van der Waals surface area contributed by atoms with Gasteiger partial charge >= 0.3 is 0 Å². The van der Waals surface area contributed by atoms with E-state index in [-0.39, 0.29) is 13.2 Å². The lowest BCUT2D eigenvalue weighted by Gasteiger charge is -2.15. The molecule has 0 fully saturated rings. The van der Waals surface area contributed by atoms with Crippen molar-refractivity contribution in [2.24, 2.45) is 0 Å². The number of benzene rings is 4. The number of aliphatic hydroxyl groups excluding tert-OH is 2. The molecule has 0 atom stereocenters. The van der Waals surface area contributed by atoms with Gasteiger partial charge in [-0.2, -0.15) is 4.37 Å². The van der Waals surface area contributed by atoms with Crippen LogP contribution < -0.4 is 20.7 Å². The highest BCUT2D eigenvalue weighted by molar-refractivity contribution is 7.14. The van der Waals surface area contributed by atoms with E-state index in [9.17, 15) is 0 Å². The number of aromatic nitrogens is 1. The molecule has 0 saturated heterocycles. The number of nitrogens with one attached hydrogen (secondary N) is 3. The van der Waals surface area contributed by atoms with Crippen molar-refractivity contribution in [3.05, 3.63) is 105 Å². The largest absolute Gasteiger partial charge is 0.487 e. The van der Waals surface area contributed by atoms with E-state index in [2.05, 4.69) is 47.1 Å². The van der Waals surface area contributed by atoms with Crippen LogP contribution in [-0.4, -0.2) is 40.9 Å². The number of hydrogen-bond donors (Lipinski definition) is 5. The van der Waals surface area contributed by atoms with Crippen molar-refractivity contribution < 1.29 is 14.9 Å². The Morgan fingerprint density at radius 2 is 1.49 bits per heavy atom. The molecule has 0 aliphatic carbocycles. The van der Waals surface area contributed by atoms with Gasteiger partial charge in [-0.25, -0.2) is 0 Å². The van der Waals surface area contributed by atoms with Crippen LogP contribution in [0.4, 0.5) is 11.5 Å². The molecule has 5 aromatic rings. The number of hydrogen-bond acceptors (Lipinski definition) is 8. The maximum Gasteiger partial charge on any atom is 0.152 e. The molecule has 0 amide bonds. The molecule has 5 rings (SSSR count). The molecule has 5 N–H and O–H groups in total. The summed E-state index contributed by atoms with van der Waals surface area (Å²) < 4.78 is 12.0. The monoisotopic (exact) mass is 636 g/mol. The summed E-state index contributed by atoms with van der Waals surface area (Å²) >= 11 is 14.6. The van der Waals surface area contributed by atoms with E-state index < -0.39 is 0 Å². The molecule has 1 heterocycles. The lowest BCUT2D eigenvalue weighted by atomic mass is 9.96. The minimum absolute atomic E-state index is 0.0954. The number of halogens is 2. The average Bonchev–Trinajstić information content (AvgIpc) is 3.42. The highest BCUT2D eigenvalue weighted by Crippen LogP contribution is 2.39. The molecule has 4 aromatic carbocycles. The minimum Gasteiger partial charge on any atom is -0.487 e. The molecule has 224 valence electrons. The fourth-order valence-electron chi connectivity index (χ4n) is 4.84. The maximum atomic E-state index is 8.98. The van der Waals surface area contributed by atoms with Crippen LogP contribution in [-0.2, 0) is 19.7 Å². The third-order valence-electron chi connectivity index (χ3n) is 7.14. The van der Waals surface area contributed by atoms with Gasteiger partial charge in [-0.3, -0.25) is 0 Å². The van der Waals surface area contributed by atoms with E-state index in [0.29, 0.717) is 48.6 Å². The fourth-order valence-corrected chi connectivity index (χ4v) is 6.22. The van der Waals surface area contributed by atoms with Crippen molar-refractivity contribution in [2.75, 3.05) is 31.6 Å². The van der Waals surface area contributed by atoms with Crippen LogP contribution in [0.25, 0.3) is 21.2 Å². The van der Waals surface area contributed by atoms with Gasteiger partial charge in [0.15, 0.2) is 5.82 Å². The summed E-state index contributed by atoms with van der Waals surface area (Å²) in [5.74, 6) is 1.39. The Kier molecular flexibility index (Phi) is 10.9. The van der Waals surface area contributed by atoms with E-state index in [1.165, 1.54) is 11.5 Å². The number of ether oxygens (including phenoxy) is 1. The molecule has 0 radical (unpaired) electrons. The van der Waals surface area contributed by atoms with Gasteiger partial charge < -0.3 is 30.9 Å². The van der Waals surface area contributed by atoms with Gasteiger partial charge in [0.25, 0.3) is 0 Å². The number of anilines is 2. The van der Waals surface area contributed by atoms with Crippen molar-refractivity contribution in [2.45, 2.75) is 26.6 Å². The normalized spacial score (nSPS) is 11.3. The second kappa shape index (κ2) is 15.0. The van der Waals surface area contributed by atoms with Crippen molar-refractivity contribution in [3.63, 3.8) is 0 Å². The smallest absolute Gasteiger partial charge is 0.152 e. The van der Waals surface area contributed by atoms with Crippen LogP contribution in [0.3, 0.4) is 0 Å². The second-order valence-electron chi connectivity index (χ2n) is 10.1. The predicted octanol–water partition coefficient (Wildman–Crippen LogP) is 7.06. The number of rotatable bonds is 14. The molecule has 0 spiro atoms. The van der Waals surface area contributed by atoms with Gasteiger partial charge in [0.05, 0.1) is 33.6 Å². The molecule has 0 aliphatic rings. The zero-order valence-electron chi connectivity index (χ0n) is 23.8. The first-order valence-corrected chi connectivity index (χ1v) is 15.6. The molecule has 0 unspecified atom stereocenters. The molecule has 0 aliphatic heterocycles. The van der Waals surface area contributed by atoms with E-state index in [1.807, 2.05) is 48.5 Å². The van der Waals surface area contributed by atoms with Crippen LogP contribution in [0.2, 0.25) is 10.0 Å². The Morgan fingerprint density at radius 1 is 0.814 bits per heavy atom. The molecule has 10 heteroatoms. The summed E-state index contributed by atoms with van der Waals surface area (Å²) in [6, 6.07) is 24.1. The van der Waals surface area contributed by atoms with Crippen molar-refractivity contribution >= 4 is 56.3 Å². The second-order valence-corrected chi connectivity index (χ2v) is 11.7. The molecular formula is C33H34Cl2N4O3S. The molecule has 0 saturated carbocycles. The lowest BCUT2D eigenvalue weighted by molar-refractivity contribution is 0.291. The highest BCUT2D eigenvalue weighted by atomic mass is 35.5. The third kappa shape index (κ3) is 7.66. The van der Waals surface area contributed by atoms with Crippen LogP contribution in [0.15, 0.2) is 72.8 Å². The van der Waals surface area contributed by atoms with Gasteiger partial charge in [0.2, 0.25) is 0 Å². The Balaban J connectivity index is 1.33. The first kappa shape index (κ1) is 31.2. The van der Waals surface area contributed by atoms with Crippen LogP contribution in [0, 0.1) is 6.92 Å². The highest BCUT2D eigenvalue weighted by Gasteiger charge is 2.16. The Bertz CT molecular complexity index is 1690. The lowest BCUT2D eigenvalue weighted by Crippen LogP contribution is -2.17. The van der Waals surface area contributed by atoms with Gasteiger partial charge in [0.1, 0.15) is 12.4 Å². The van der Waals surface area contributed by atoms with E-state index >= 15 is 0 Å². The standard InChI is InChI=1S/C33H34Cl2N4O3S/c1-21-24(20-42-31-11-9-23(17-29(31)35)19-37-13-15-41)4-2-5-25(21)26-6-3-7-27-32(26)43-39-33(27)38-30-10-8-22(16-28(30)34)18-36-12-14-40/h2-11,16-17,36-37,40-41H,12-15,18-20H2,1H3,(H,38,39). The van der Waals surface area contributed by atoms with Crippen molar-refractivity contribution in [3.8, 4) is 16.9 Å². The van der Waals surface area contributed by atoms with Gasteiger partial charge in [-0.15, -0.1) is 0 Å². The van der Waals surface area contributed by atoms with E-state index in [4.69, 9.17) is 42.5 Å². The number of fused-ring (bicyclic) bond motifs is 1. The first-order chi connectivity index (χ1) is 21.0. The average molecular weight is 638 g/mol. The Labute approximate surface area is 265 Å². The van der Waals surface area contributed by atoms with Crippen LogP contribution in [0.1, 0.15) is 22.3 Å². The van der Waals surface area contributed by atoms with E-state index in [1.54, 1.807) is 0 Å². The number of nitrogens with zero attached hydrogens (tertiary/aromatic N) is 1. The topological polar surface area (TPSA) is 98.7 Å². The summed E-state index contributed by atoms with van der Waals surface area (Å²) in [5, 5.41) is 29.9. The van der Waals surface area contributed by atoms with Crippen LogP contribution in [0.5, 0.6) is 5.75 Å². The Morgan fingerprint density at radius 3 is 2.19 bits per heavy atom. The molecule has 1 aromatic heterocycles. The number of aliphatic hydroxyl groups is 2. The third-order valence-corrected chi connectivity index (χ3v) is 8.64. The van der Waals surface area contributed by atoms with Crippen LogP contribution >= 0.6 is 34.7 Å². The quantitative estimate of drug-likeness (QED) is 0.0832. The fraction of sp³-hybridized carbons (Fsp3) is 0.242. The SMILES string of the molecule is Cc1c(COc2ccc(CNCCO)cc2Cl)cccc1-c1cccc2c(Nc3ccc(CNCCO)cc3Cl)nsc12. The summed E-state index contributed by atoms with van der Waals surface area (Å²) in [5.41, 5.74) is 7.29. The first-order valence-electron chi connectivity index (χ1n) is 14.1. The summed E-state index contributed by atoms with van der Waals surface area (Å²) in [7, 11) is 0. The van der Waals surface area contributed by atoms with Gasteiger partial charge in [-0.1, -0.05) is 65.7 Å². The molecular weight excluding hydrogens is 603 g/mol. The maximum absolute atomic E-state index is 8.98. The Hall–Kier alpha value is -3.21. The summed E-state index contributed by atoms with van der Waals surface area (Å²) in [6.07, 6.45) is 0. The van der Waals surface area contributed by atoms with Crippen molar-refractivity contribution in [1.29, 1.82) is 0 Å². The minimum atomic E-state index is 0.0954. The predicted molar refractivity (Wildman–Crippen MR) is 178 cm³/mol. The molecule has 7 nitrogen and oxygen atoms in total.